The van der Waals surface area contributed by atoms with Crippen molar-refractivity contribution < 1.29 is 0 Å². The Labute approximate surface area is 122 Å². The Morgan fingerprint density at radius 2 is 2.16 bits per heavy atom. The van der Waals surface area contributed by atoms with E-state index in [1.165, 1.54) is 36.9 Å². The van der Waals surface area contributed by atoms with Crippen molar-refractivity contribution in [2.75, 3.05) is 11.9 Å². The van der Waals surface area contributed by atoms with E-state index in [9.17, 15) is 0 Å². The molecule has 1 saturated carbocycles. The first-order chi connectivity index (χ1) is 9.11. The third kappa shape index (κ3) is 4.12. The van der Waals surface area contributed by atoms with Crippen LogP contribution < -0.4 is 10.2 Å². The lowest BCUT2D eigenvalue weighted by Gasteiger charge is -2.29. The van der Waals surface area contributed by atoms with E-state index in [1.807, 2.05) is 6.07 Å². The first kappa shape index (κ1) is 14.7. The van der Waals surface area contributed by atoms with Crippen molar-refractivity contribution >= 4 is 17.3 Å². The number of hydrogen-bond donors (Lipinski definition) is 1. The molecule has 0 aromatic heterocycles. The van der Waals surface area contributed by atoms with Gasteiger partial charge >= 0.3 is 0 Å². The number of anilines is 1. The van der Waals surface area contributed by atoms with Crippen LogP contribution >= 0.6 is 11.6 Å². The second-order valence-corrected chi connectivity index (χ2v) is 6.11. The third-order valence-corrected chi connectivity index (χ3v) is 4.18. The van der Waals surface area contributed by atoms with Crippen LogP contribution in [0.5, 0.6) is 0 Å². The van der Waals surface area contributed by atoms with E-state index in [0.29, 0.717) is 6.04 Å². The Bertz CT molecular complexity index is 415. The summed E-state index contributed by atoms with van der Waals surface area (Å²) in [6, 6.07) is 7.53. The molecular weight excluding hydrogens is 256 g/mol. The van der Waals surface area contributed by atoms with E-state index in [1.54, 1.807) is 0 Å². The van der Waals surface area contributed by atoms with Crippen LogP contribution in [0.3, 0.4) is 0 Å². The van der Waals surface area contributed by atoms with E-state index < -0.39 is 0 Å². The highest BCUT2D eigenvalue weighted by molar-refractivity contribution is 6.30. The zero-order valence-corrected chi connectivity index (χ0v) is 13.0. The number of rotatable bonds is 7. The Morgan fingerprint density at radius 3 is 2.79 bits per heavy atom. The highest BCUT2D eigenvalue weighted by Gasteiger charge is 2.21. The molecule has 1 aliphatic carbocycles. The lowest BCUT2D eigenvalue weighted by Crippen LogP contribution is -2.30. The summed E-state index contributed by atoms with van der Waals surface area (Å²) in [5.74, 6) is 0. The third-order valence-electron chi connectivity index (χ3n) is 3.95. The molecule has 0 saturated heterocycles. The summed E-state index contributed by atoms with van der Waals surface area (Å²) in [6.45, 7) is 5.45. The maximum atomic E-state index is 6.15. The molecule has 0 radical (unpaired) electrons. The number of benzene rings is 1. The van der Waals surface area contributed by atoms with Gasteiger partial charge < -0.3 is 10.2 Å². The second kappa shape index (κ2) is 6.62. The van der Waals surface area contributed by atoms with Crippen LogP contribution in [0, 0.1) is 0 Å². The zero-order chi connectivity index (χ0) is 13.8. The minimum atomic E-state index is 0.561. The van der Waals surface area contributed by atoms with Gasteiger partial charge in [0.15, 0.2) is 0 Å². The molecule has 1 aromatic carbocycles. The number of nitrogens with zero attached hydrogens (tertiary/aromatic N) is 1. The van der Waals surface area contributed by atoms with Crippen LogP contribution in [-0.2, 0) is 6.54 Å². The van der Waals surface area contributed by atoms with Gasteiger partial charge in [0.05, 0.1) is 0 Å². The molecule has 106 valence electrons. The predicted molar refractivity (Wildman–Crippen MR) is 84.1 cm³/mol. The molecule has 0 aliphatic heterocycles. The largest absolute Gasteiger partial charge is 0.372 e. The van der Waals surface area contributed by atoms with Crippen LogP contribution in [0.15, 0.2) is 18.2 Å². The summed E-state index contributed by atoms with van der Waals surface area (Å²) in [4.78, 5) is 2.38. The molecular formula is C16H25ClN2. The van der Waals surface area contributed by atoms with E-state index in [0.717, 1.165) is 17.6 Å². The summed E-state index contributed by atoms with van der Waals surface area (Å²) in [7, 11) is 2.18. The lowest BCUT2D eigenvalue weighted by atomic mass is 10.1. The fraction of sp³-hybridized carbons (Fsp3) is 0.625. The molecule has 0 heterocycles. The molecule has 1 atom stereocenters. The molecule has 0 amide bonds. The van der Waals surface area contributed by atoms with Crippen molar-refractivity contribution in [1.29, 1.82) is 0 Å². The quantitative estimate of drug-likeness (QED) is 0.805. The lowest BCUT2D eigenvalue weighted by molar-refractivity contribution is 0.610. The summed E-state index contributed by atoms with van der Waals surface area (Å²) in [6.07, 6.45) is 5.07. The molecule has 2 nitrogen and oxygen atoms in total. The van der Waals surface area contributed by atoms with Gasteiger partial charge in [-0.2, -0.15) is 0 Å². The molecule has 1 unspecified atom stereocenters. The molecule has 0 bridgehead atoms. The molecule has 1 fully saturated rings. The van der Waals surface area contributed by atoms with Crippen molar-refractivity contribution in [3.8, 4) is 0 Å². The fourth-order valence-corrected chi connectivity index (χ4v) is 2.63. The van der Waals surface area contributed by atoms with Crippen LogP contribution in [0.25, 0.3) is 0 Å². The Kier molecular flexibility index (Phi) is 5.12. The highest BCUT2D eigenvalue weighted by atomic mass is 35.5. The van der Waals surface area contributed by atoms with Gasteiger partial charge in [-0.3, -0.25) is 0 Å². The van der Waals surface area contributed by atoms with E-state index in [2.05, 4.69) is 43.2 Å². The van der Waals surface area contributed by atoms with E-state index in [-0.39, 0.29) is 0 Å². The molecule has 2 rings (SSSR count). The number of nitrogens with one attached hydrogen (secondary N) is 1. The van der Waals surface area contributed by atoms with Crippen molar-refractivity contribution in [3.63, 3.8) is 0 Å². The van der Waals surface area contributed by atoms with Gasteiger partial charge in [0, 0.05) is 36.4 Å². The molecule has 19 heavy (non-hydrogen) atoms. The van der Waals surface area contributed by atoms with Gasteiger partial charge in [0.1, 0.15) is 0 Å². The van der Waals surface area contributed by atoms with Crippen molar-refractivity contribution in [2.24, 2.45) is 0 Å². The first-order valence-corrected chi connectivity index (χ1v) is 7.74. The second-order valence-electron chi connectivity index (χ2n) is 5.68. The van der Waals surface area contributed by atoms with Crippen molar-refractivity contribution in [3.05, 3.63) is 28.8 Å². The number of hydrogen-bond acceptors (Lipinski definition) is 2. The zero-order valence-electron chi connectivity index (χ0n) is 12.2. The maximum Gasteiger partial charge on any atom is 0.0412 e. The predicted octanol–water partition coefficient (Wildman–Crippen LogP) is 4.22. The minimum Gasteiger partial charge on any atom is -0.372 e. The SMILES string of the molecule is CCCC(C)N(C)c1ccc(Cl)cc1CNC1CC1. The molecule has 1 aromatic rings. The van der Waals surface area contributed by atoms with Gasteiger partial charge in [0.25, 0.3) is 0 Å². The van der Waals surface area contributed by atoms with Crippen LogP contribution in [0.1, 0.15) is 45.1 Å². The smallest absolute Gasteiger partial charge is 0.0412 e. The monoisotopic (exact) mass is 280 g/mol. The Morgan fingerprint density at radius 1 is 1.42 bits per heavy atom. The summed E-state index contributed by atoms with van der Waals surface area (Å²) in [5.41, 5.74) is 2.61. The topological polar surface area (TPSA) is 15.3 Å². The normalized spacial score (nSPS) is 16.4. The molecule has 0 spiro atoms. The first-order valence-electron chi connectivity index (χ1n) is 7.36. The average Bonchev–Trinajstić information content (AvgIpc) is 3.20. The van der Waals surface area contributed by atoms with E-state index in [4.69, 9.17) is 11.6 Å². The minimum absolute atomic E-state index is 0.561. The summed E-state index contributed by atoms with van der Waals surface area (Å²) >= 11 is 6.15. The maximum absolute atomic E-state index is 6.15. The van der Waals surface area contributed by atoms with Crippen molar-refractivity contribution in [1.82, 2.24) is 5.32 Å². The van der Waals surface area contributed by atoms with Gasteiger partial charge in [-0.25, -0.2) is 0 Å². The molecule has 1 N–H and O–H groups in total. The van der Waals surface area contributed by atoms with E-state index >= 15 is 0 Å². The van der Waals surface area contributed by atoms with Gasteiger partial charge in [-0.1, -0.05) is 24.9 Å². The summed E-state index contributed by atoms with van der Waals surface area (Å²) < 4.78 is 0. The molecule has 1 aliphatic rings. The van der Waals surface area contributed by atoms with Crippen LogP contribution in [0.2, 0.25) is 5.02 Å². The van der Waals surface area contributed by atoms with Crippen molar-refractivity contribution in [2.45, 2.75) is 58.2 Å². The average molecular weight is 281 g/mol. The molecule has 3 heteroatoms. The van der Waals surface area contributed by atoms with Crippen LogP contribution in [0.4, 0.5) is 5.69 Å². The Balaban J connectivity index is 2.11. The van der Waals surface area contributed by atoms with Gasteiger partial charge in [-0.05, 0) is 49.9 Å². The number of halogens is 1. The fourth-order valence-electron chi connectivity index (χ4n) is 2.43. The highest BCUT2D eigenvalue weighted by Crippen LogP contribution is 2.27. The van der Waals surface area contributed by atoms with Gasteiger partial charge in [0.2, 0.25) is 0 Å². The summed E-state index contributed by atoms with van der Waals surface area (Å²) in [5, 5.41) is 4.41. The van der Waals surface area contributed by atoms with Gasteiger partial charge in [-0.15, -0.1) is 0 Å². The van der Waals surface area contributed by atoms with Crippen LogP contribution in [-0.4, -0.2) is 19.1 Å². The Hall–Kier alpha value is -0.730. The standard InChI is InChI=1S/C16H25ClN2/c1-4-5-12(2)19(3)16-9-6-14(17)10-13(16)11-18-15-7-8-15/h6,9-10,12,15,18H,4-5,7-8,11H2,1-3H3.